The molecule has 1 atom stereocenters. The van der Waals surface area contributed by atoms with Crippen molar-refractivity contribution in [1.29, 1.82) is 0 Å². The molecule has 1 heterocycles. The molecular formula is C31H39FN2O2. The van der Waals surface area contributed by atoms with Crippen molar-refractivity contribution in [3.8, 4) is 28.3 Å². The van der Waals surface area contributed by atoms with Crippen LogP contribution in [-0.4, -0.2) is 21.6 Å². The molecule has 1 aromatic heterocycles. The van der Waals surface area contributed by atoms with E-state index in [0.717, 1.165) is 42.4 Å². The third-order valence-electron chi connectivity index (χ3n) is 6.51. The Kier molecular flexibility index (Phi) is 10.6. The minimum atomic E-state index is -1.98. The largest absolute Gasteiger partial charge is 0.424 e. The number of alkyl halides is 1. The number of benzene rings is 2. The fourth-order valence-corrected chi connectivity index (χ4v) is 4.12. The van der Waals surface area contributed by atoms with Gasteiger partial charge in [0.15, 0.2) is 5.82 Å². The molecule has 192 valence electrons. The molecule has 0 fully saturated rings. The second-order valence-electron chi connectivity index (χ2n) is 9.72. The number of aromatic nitrogens is 2. The molecule has 0 bridgehead atoms. The summed E-state index contributed by atoms with van der Waals surface area (Å²) in [5.74, 6) is 0.169. The lowest BCUT2D eigenvalue weighted by Gasteiger charge is -2.18. The van der Waals surface area contributed by atoms with E-state index < -0.39 is 11.6 Å². The Bertz CT molecular complexity index is 1060. The molecule has 2 aromatic carbocycles. The van der Waals surface area contributed by atoms with Crippen LogP contribution in [0.15, 0.2) is 60.9 Å². The molecule has 3 aromatic rings. The second kappa shape index (κ2) is 13.9. The third kappa shape index (κ3) is 8.25. The van der Waals surface area contributed by atoms with E-state index in [4.69, 9.17) is 4.74 Å². The van der Waals surface area contributed by atoms with Gasteiger partial charge in [0, 0.05) is 23.5 Å². The maximum absolute atomic E-state index is 14.7. The van der Waals surface area contributed by atoms with Crippen molar-refractivity contribution in [3.63, 3.8) is 0 Å². The van der Waals surface area contributed by atoms with Crippen molar-refractivity contribution in [2.45, 2.75) is 90.6 Å². The van der Waals surface area contributed by atoms with Gasteiger partial charge in [0.25, 0.3) is 0 Å². The Labute approximate surface area is 215 Å². The summed E-state index contributed by atoms with van der Waals surface area (Å²) >= 11 is 0. The Morgan fingerprint density at radius 3 is 1.97 bits per heavy atom. The Balaban J connectivity index is 1.56. The summed E-state index contributed by atoms with van der Waals surface area (Å²) in [5, 5.41) is 0. The maximum Gasteiger partial charge on any atom is 0.348 e. The first-order valence-corrected chi connectivity index (χ1v) is 13.4. The van der Waals surface area contributed by atoms with Gasteiger partial charge in [-0.25, -0.2) is 19.2 Å². The van der Waals surface area contributed by atoms with Gasteiger partial charge in [-0.1, -0.05) is 88.8 Å². The zero-order chi connectivity index (χ0) is 25.8. The van der Waals surface area contributed by atoms with Gasteiger partial charge < -0.3 is 4.74 Å². The maximum atomic E-state index is 14.7. The molecule has 1 unspecified atom stereocenters. The number of carbonyl (C=O) groups is 1. The van der Waals surface area contributed by atoms with E-state index in [-0.39, 0.29) is 6.42 Å². The van der Waals surface area contributed by atoms with E-state index in [1.165, 1.54) is 38.2 Å². The van der Waals surface area contributed by atoms with Gasteiger partial charge in [0.05, 0.1) is 0 Å². The van der Waals surface area contributed by atoms with Crippen molar-refractivity contribution in [2.75, 3.05) is 0 Å². The average molecular weight is 491 g/mol. The lowest BCUT2D eigenvalue weighted by atomic mass is 10.00. The molecular weight excluding hydrogens is 451 g/mol. The molecule has 0 radical (unpaired) electrons. The van der Waals surface area contributed by atoms with Crippen molar-refractivity contribution in [3.05, 3.63) is 66.5 Å². The highest BCUT2D eigenvalue weighted by atomic mass is 19.1. The monoisotopic (exact) mass is 490 g/mol. The van der Waals surface area contributed by atoms with E-state index in [1.54, 1.807) is 24.5 Å². The lowest BCUT2D eigenvalue weighted by molar-refractivity contribution is -0.147. The predicted octanol–water partition coefficient (Wildman–Crippen LogP) is 8.54. The SMILES string of the molecule is CCCCCCc1ccc(-c2ncc(-c3ccc(OC(=O)C(C)(F)CCCCCC)cc3)cn2)cc1. The minimum absolute atomic E-state index is 0.176. The normalized spacial score (nSPS) is 12.8. The van der Waals surface area contributed by atoms with Gasteiger partial charge in [0.2, 0.25) is 5.67 Å². The first kappa shape index (κ1) is 27.5. The number of aryl methyl sites for hydroxylation is 1. The molecule has 0 aliphatic carbocycles. The van der Waals surface area contributed by atoms with Crippen molar-refractivity contribution < 1.29 is 13.9 Å². The van der Waals surface area contributed by atoms with Gasteiger partial charge in [-0.3, -0.25) is 0 Å². The summed E-state index contributed by atoms with van der Waals surface area (Å²) < 4.78 is 20.0. The topological polar surface area (TPSA) is 52.1 Å². The molecule has 36 heavy (non-hydrogen) atoms. The van der Waals surface area contributed by atoms with Gasteiger partial charge in [-0.15, -0.1) is 0 Å². The van der Waals surface area contributed by atoms with E-state index in [2.05, 4.69) is 48.1 Å². The van der Waals surface area contributed by atoms with E-state index in [1.807, 2.05) is 12.1 Å². The summed E-state index contributed by atoms with van der Waals surface area (Å²) in [4.78, 5) is 21.4. The number of esters is 1. The highest BCUT2D eigenvalue weighted by molar-refractivity contribution is 5.81. The van der Waals surface area contributed by atoms with Crippen LogP contribution in [0.4, 0.5) is 4.39 Å². The zero-order valence-electron chi connectivity index (χ0n) is 21.9. The van der Waals surface area contributed by atoms with Crippen LogP contribution in [-0.2, 0) is 11.2 Å². The van der Waals surface area contributed by atoms with E-state index >= 15 is 0 Å². The molecule has 0 saturated heterocycles. The van der Waals surface area contributed by atoms with Crippen LogP contribution in [0.2, 0.25) is 0 Å². The smallest absolute Gasteiger partial charge is 0.348 e. The summed E-state index contributed by atoms with van der Waals surface area (Å²) in [6.07, 6.45) is 13.6. The molecule has 0 aliphatic rings. The number of ether oxygens (including phenoxy) is 1. The zero-order valence-corrected chi connectivity index (χ0v) is 21.9. The highest BCUT2D eigenvalue weighted by Crippen LogP contribution is 2.26. The van der Waals surface area contributed by atoms with Gasteiger partial charge in [-0.2, -0.15) is 0 Å². The minimum Gasteiger partial charge on any atom is -0.424 e. The molecule has 0 amide bonds. The summed E-state index contributed by atoms with van der Waals surface area (Å²) in [6, 6.07) is 15.5. The molecule has 5 heteroatoms. The summed E-state index contributed by atoms with van der Waals surface area (Å²) in [6.45, 7) is 5.63. The Morgan fingerprint density at radius 2 is 1.36 bits per heavy atom. The number of halogens is 1. The quantitative estimate of drug-likeness (QED) is 0.129. The molecule has 0 aliphatic heterocycles. The number of hydrogen-bond acceptors (Lipinski definition) is 4. The lowest BCUT2D eigenvalue weighted by Crippen LogP contribution is -2.34. The number of hydrogen-bond donors (Lipinski definition) is 0. The van der Waals surface area contributed by atoms with Gasteiger partial charge in [-0.05, 0) is 55.9 Å². The molecule has 3 rings (SSSR count). The van der Waals surface area contributed by atoms with Crippen LogP contribution < -0.4 is 4.74 Å². The van der Waals surface area contributed by atoms with Crippen LogP contribution in [0.1, 0.15) is 84.1 Å². The van der Waals surface area contributed by atoms with Crippen LogP contribution in [0.5, 0.6) is 5.75 Å². The van der Waals surface area contributed by atoms with Crippen molar-refractivity contribution in [1.82, 2.24) is 9.97 Å². The van der Waals surface area contributed by atoms with Gasteiger partial charge >= 0.3 is 5.97 Å². The van der Waals surface area contributed by atoms with Crippen LogP contribution >= 0.6 is 0 Å². The Hall–Kier alpha value is -3.08. The van der Waals surface area contributed by atoms with E-state index in [0.29, 0.717) is 18.0 Å². The number of rotatable bonds is 14. The number of unbranched alkanes of at least 4 members (excludes halogenated alkanes) is 6. The molecule has 0 N–H and O–H groups in total. The standard InChI is InChI=1S/C31H39FN2O2/c1-4-6-8-10-12-24-13-15-26(16-14-24)29-33-22-27(23-34-29)25-17-19-28(20-18-25)36-30(35)31(3,32)21-11-9-7-5-2/h13-20,22-23H,4-12,21H2,1-3H3. The second-order valence-corrected chi connectivity index (χ2v) is 9.72. The predicted molar refractivity (Wildman–Crippen MR) is 145 cm³/mol. The average Bonchev–Trinajstić information content (AvgIpc) is 2.90. The Morgan fingerprint density at radius 1 is 0.778 bits per heavy atom. The third-order valence-corrected chi connectivity index (χ3v) is 6.51. The first-order chi connectivity index (χ1) is 17.4. The molecule has 0 spiro atoms. The van der Waals surface area contributed by atoms with Gasteiger partial charge in [0.1, 0.15) is 5.75 Å². The number of carbonyl (C=O) groups excluding carboxylic acids is 1. The summed E-state index contributed by atoms with van der Waals surface area (Å²) in [5.41, 5.74) is 2.10. The van der Waals surface area contributed by atoms with E-state index in [9.17, 15) is 9.18 Å². The van der Waals surface area contributed by atoms with Crippen LogP contribution in [0.25, 0.3) is 22.5 Å². The fourth-order valence-electron chi connectivity index (χ4n) is 4.12. The van der Waals surface area contributed by atoms with Crippen molar-refractivity contribution >= 4 is 5.97 Å². The van der Waals surface area contributed by atoms with Crippen molar-refractivity contribution in [2.24, 2.45) is 0 Å². The van der Waals surface area contributed by atoms with Crippen LogP contribution in [0, 0.1) is 0 Å². The summed E-state index contributed by atoms with van der Waals surface area (Å²) in [7, 11) is 0. The molecule has 4 nitrogen and oxygen atoms in total. The fraction of sp³-hybridized carbons (Fsp3) is 0.452. The molecule has 0 saturated carbocycles. The first-order valence-electron chi connectivity index (χ1n) is 13.4. The highest BCUT2D eigenvalue weighted by Gasteiger charge is 2.34. The number of nitrogens with zero attached hydrogens (tertiary/aromatic N) is 2. The van der Waals surface area contributed by atoms with Crippen LogP contribution in [0.3, 0.4) is 0 Å².